The third kappa shape index (κ3) is 4.72. The molecule has 5 aromatic rings. The van der Waals surface area contributed by atoms with E-state index in [-0.39, 0.29) is 18.4 Å². The maximum absolute atomic E-state index is 5.21. The highest BCUT2D eigenvalue weighted by Gasteiger charge is 2.27. The van der Waals surface area contributed by atoms with Gasteiger partial charge in [0.2, 0.25) is 0 Å². The number of nitrogens with zero attached hydrogens (tertiary/aromatic N) is 2. The van der Waals surface area contributed by atoms with E-state index in [0.29, 0.717) is 0 Å². The van der Waals surface area contributed by atoms with Crippen LogP contribution in [0.15, 0.2) is 161 Å². The molecule has 0 amide bonds. The van der Waals surface area contributed by atoms with Crippen molar-refractivity contribution in [3.05, 3.63) is 173 Å². The molecular formula is C39H30N4. The lowest BCUT2D eigenvalue weighted by Gasteiger charge is -2.32. The van der Waals surface area contributed by atoms with E-state index in [4.69, 9.17) is 4.99 Å². The minimum atomic E-state index is -0.219. The van der Waals surface area contributed by atoms with Crippen LogP contribution in [0.25, 0.3) is 27.5 Å². The number of rotatable bonds is 5. The monoisotopic (exact) mass is 554 g/mol. The van der Waals surface area contributed by atoms with Crippen LogP contribution in [0.1, 0.15) is 34.6 Å². The van der Waals surface area contributed by atoms with E-state index < -0.39 is 0 Å². The summed E-state index contributed by atoms with van der Waals surface area (Å²) in [7, 11) is 0. The Bertz CT molecular complexity index is 1970. The van der Waals surface area contributed by atoms with Crippen LogP contribution in [-0.4, -0.2) is 18.1 Å². The van der Waals surface area contributed by atoms with E-state index in [1.807, 2.05) is 12.3 Å². The number of aliphatic imine (C=N–C) groups is 2. The van der Waals surface area contributed by atoms with Gasteiger partial charge in [0.05, 0.1) is 6.04 Å². The lowest BCUT2D eigenvalue weighted by molar-refractivity contribution is 0.410. The first-order chi connectivity index (χ1) is 21.3. The first-order valence-electron chi connectivity index (χ1n) is 14.8. The molecule has 3 unspecified atom stereocenters. The summed E-state index contributed by atoms with van der Waals surface area (Å²) < 4.78 is 0. The molecule has 2 aliphatic heterocycles. The van der Waals surface area contributed by atoms with Crippen molar-refractivity contribution < 1.29 is 0 Å². The maximum atomic E-state index is 5.21. The summed E-state index contributed by atoms with van der Waals surface area (Å²) in [5, 5.41) is 9.82. The van der Waals surface area contributed by atoms with Gasteiger partial charge in [0.25, 0.3) is 0 Å². The van der Waals surface area contributed by atoms with Crippen LogP contribution in [0, 0.1) is 0 Å². The normalized spacial score (nSPS) is 20.7. The van der Waals surface area contributed by atoms with E-state index in [1.54, 1.807) is 0 Å². The smallest absolute Gasteiger partial charge is 0.131 e. The molecule has 3 atom stereocenters. The molecule has 0 saturated carbocycles. The van der Waals surface area contributed by atoms with Gasteiger partial charge in [0, 0.05) is 17.4 Å². The molecule has 1 aliphatic carbocycles. The fraction of sp³-hybridized carbons (Fsp3) is 0.0769. The van der Waals surface area contributed by atoms with Crippen molar-refractivity contribution in [3.8, 4) is 11.1 Å². The summed E-state index contributed by atoms with van der Waals surface area (Å²) in [6.45, 7) is 0. The number of nitrogens with one attached hydrogen (secondary N) is 2. The van der Waals surface area contributed by atoms with Gasteiger partial charge in [0.15, 0.2) is 0 Å². The molecule has 0 bridgehead atoms. The lowest BCUT2D eigenvalue weighted by atomic mass is 9.91. The van der Waals surface area contributed by atoms with Crippen molar-refractivity contribution in [3.63, 3.8) is 0 Å². The van der Waals surface area contributed by atoms with Crippen LogP contribution in [0.5, 0.6) is 0 Å². The second-order valence-electron chi connectivity index (χ2n) is 11.1. The Hall–Kier alpha value is -5.32. The molecular weight excluding hydrogens is 524 g/mol. The predicted molar refractivity (Wildman–Crippen MR) is 178 cm³/mol. The molecule has 3 aliphatic rings. The minimum Gasteiger partial charge on any atom is -0.350 e. The molecule has 206 valence electrons. The van der Waals surface area contributed by atoms with Gasteiger partial charge in [-0.25, -0.2) is 4.99 Å². The second-order valence-corrected chi connectivity index (χ2v) is 11.1. The highest BCUT2D eigenvalue weighted by Crippen LogP contribution is 2.37. The Labute approximate surface area is 251 Å². The molecule has 0 saturated heterocycles. The third-order valence-electron chi connectivity index (χ3n) is 8.48. The van der Waals surface area contributed by atoms with E-state index >= 15 is 0 Å². The fourth-order valence-corrected chi connectivity index (χ4v) is 6.30. The zero-order valence-corrected chi connectivity index (χ0v) is 23.6. The summed E-state index contributed by atoms with van der Waals surface area (Å²) in [4.78, 5) is 9.89. The number of hydrogen-bond donors (Lipinski definition) is 2. The van der Waals surface area contributed by atoms with Gasteiger partial charge >= 0.3 is 0 Å². The predicted octanol–water partition coefficient (Wildman–Crippen LogP) is 8.18. The average molecular weight is 555 g/mol. The molecule has 8 rings (SSSR count). The first-order valence-corrected chi connectivity index (χ1v) is 14.8. The summed E-state index contributed by atoms with van der Waals surface area (Å²) in [6.07, 6.45) is 10.2. The molecule has 2 N–H and O–H groups in total. The van der Waals surface area contributed by atoms with Crippen LogP contribution >= 0.6 is 0 Å². The van der Waals surface area contributed by atoms with Crippen molar-refractivity contribution in [2.45, 2.75) is 18.4 Å². The summed E-state index contributed by atoms with van der Waals surface area (Å²) in [6, 6.07) is 43.1. The first kappa shape index (κ1) is 25.4. The van der Waals surface area contributed by atoms with Gasteiger partial charge in [-0.2, -0.15) is 0 Å². The van der Waals surface area contributed by atoms with E-state index in [9.17, 15) is 0 Å². The van der Waals surface area contributed by atoms with Crippen LogP contribution in [0.2, 0.25) is 0 Å². The molecule has 5 aromatic carbocycles. The molecule has 43 heavy (non-hydrogen) atoms. The Kier molecular flexibility index (Phi) is 6.39. The quantitative estimate of drug-likeness (QED) is 0.230. The van der Waals surface area contributed by atoms with Crippen molar-refractivity contribution >= 4 is 28.4 Å². The van der Waals surface area contributed by atoms with Gasteiger partial charge in [-0.15, -0.1) is 0 Å². The Balaban J connectivity index is 1.18. The van der Waals surface area contributed by atoms with E-state index in [1.165, 1.54) is 44.2 Å². The summed E-state index contributed by atoms with van der Waals surface area (Å²) >= 11 is 0. The fourth-order valence-electron chi connectivity index (χ4n) is 6.30. The molecule has 0 spiro atoms. The summed E-state index contributed by atoms with van der Waals surface area (Å²) in [5.74, 6) is 0.887. The topological polar surface area (TPSA) is 48.8 Å². The van der Waals surface area contributed by atoms with Crippen molar-refractivity contribution in [2.24, 2.45) is 9.98 Å². The second kappa shape index (κ2) is 10.8. The molecule has 4 heteroatoms. The number of fused-ring (bicyclic) bond motifs is 2. The minimum absolute atomic E-state index is 0.0755. The Morgan fingerprint density at radius 3 is 2.14 bits per heavy atom. The van der Waals surface area contributed by atoms with Crippen molar-refractivity contribution in [2.75, 3.05) is 0 Å². The standard InChI is InChI=1S/C39H30N4/c1-3-11-28(12-4-1)37-41-38(29-13-5-2-6-14-29)43-39(42-37)34-24-23-30(31-15-7-8-16-32(31)34)26-19-21-27(22-20-26)35-25-40-36-18-10-9-17-33(35)36/h1-25,36-37,39,42H,(H,41,43). The highest BCUT2D eigenvalue weighted by atomic mass is 15.3. The molecule has 4 nitrogen and oxygen atoms in total. The average Bonchev–Trinajstić information content (AvgIpc) is 3.53. The zero-order chi connectivity index (χ0) is 28.6. The van der Waals surface area contributed by atoms with Gasteiger partial charge in [-0.05, 0) is 44.2 Å². The van der Waals surface area contributed by atoms with Gasteiger partial charge in [-0.3, -0.25) is 10.3 Å². The van der Waals surface area contributed by atoms with E-state index in [2.05, 4.69) is 155 Å². The van der Waals surface area contributed by atoms with E-state index in [0.717, 1.165) is 17.0 Å². The number of allylic oxidation sites excluding steroid dienone is 3. The largest absolute Gasteiger partial charge is 0.350 e. The third-order valence-corrected chi connectivity index (χ3v) is 8.48. The van der Waals surface area contributed by atoms with Crippen LogP contribution in [0.4, 0.5) is 0 Å². The van der Waals surface area contributed by atoms with Crippen LogP contribution < -0.4 is 10.6 Å². The van der Waals surface area contributed by atoms with Gasteiger partial charge < -0.3 is 5.32 Å². The maximum Gasteiger partial charge on any atom is 0.131 e. The summed E-state index contributed by atoms with van der Waals surface area (Å²) in [5.41, 5.74) is 9.47. The molecule has 2 heterocycles. The SMILES string of the molecule is C1=CC2=C(c3ccc(-c4ccc(C5N=C(c6ccccc6)NC(c6ccccc6)N5)c5ccccc45)cc3)C=NC2C=C1. The van der Waals surface area contributed by atoms with Crippen molar-refractivity contribution in [1.82, 2.24) is 10.6 Å². The number of amidine groups is 1. The zero-order valence-electron chi connectivity index (χ0n) is 23.6. The number of hydrogen-bond acceptors (Lipinski definition) is 4. The molecule has 0 radical (unpaired) electrons. The Morgan fingerprint density at radius 2 is 1.33 bits per heavy atom. The molecule has 0 aromatic heterocycles. The van der Waals surface area contributed by atoms with Gasteiger partial charge in [0.1, 0.15) is 18.2 Å². The van der Waals surface area contributed by atoms with Gasteiger partial charge in [-0.1, -0.05) is 146 Å². The van der Waals surface area contributed by atoms with Crippen LogP contribution in [0.3, 0.4) is 0 Å². The number of benzene rings is 5. The van der Waals surface area contributed by atoms with Crippen LogP contribution in [-0.2, 0) is 0 Å². The van der Waals surface area contributed by atoms with Crippen molar-refractivity contribution in [1.29, 1.82) is 0 Å². The lowest BCUT2D eigenvalue weighted by Crippen LogP contribution is -2.45. The highest BCUT2D eigenvalue weighted by molar-refractivity contribution is 6.14. The molecule has 0 fully saturated rings. The Morgan fingerprint density at radius 1 is 0.605 bits per heavy atom.